The molecule has 0 aliphatic carbocycles. The predicted octanol–water partition coefficient (Wildman–Crippen LogP) is 38.0. The van der Waals surface area contributed by atoms with Gasteiger partial charge in [0.1, 0.15) is 0 Å². The van der Waals surface area contributed by atoms with Gasteiger partial charge in [-0.3, -0.25) is 0 Å². The summed E-state index contributed by atoms with van der Waals surface area (Å²) >= 11 is 0. The van der Waals surface area contributed by atoms with Gasteiger partial charge in [0.2, 0.25) is 0 Å². The van der Waals surface area contributed by atoms with Crippen LogP contribution < -0.4 is 0 Å². The van der Waals surface area contributed by atoms with Gasteiger partial charge in [0.05, 0.1) is 0 Å². The number of unbranched alkanes of at least 4 members (excludes halogenated alkanes) is 20. The predicted molar refractivity (Wildman–Crippen MR) is 481 cm³/mol. The van der Waals surface area contributed by atoms with E-state index in [-0.39, 0.29) is 37.9 Å². The molecule has 16 unspecified atom stereocenters. The molecule has 0 rings (SSSR count). The zero-order chi connectivity index (χ0) is 78.7. The van der Waals surface area contributed by atoms with Crippen molar-refractivity contribution in [2.24, 2.45) is 103 Å². The quantitative estimate of drug-likeness (QED) is 0.0533. The van der Waals surface area contributed by atoms with Crippen molar-refractivity contribution >= 4 is 0 Å². The Kier molecular flexibility index (Phi) is 58.8. The molecule has 0 aromatic rings. The molecule has 0 heteroatoms. The number of rotatable bonds is 75. The second-order valence-electron chi connectivity index (χ2n) is 40.6. The Hall–Kier alpha value is 0. The summed E-state index contributed by atoms with van der Waals surface area (Å²) < 4.78 is 0. The standard InChI is InChI=1S/C104H209/c1-29-44-53-55-63-80-100(26,97(69-43-15)88(18)70-52-37-9)104(84-95(68-42-14)75-60-50-35-7,103(90(20)87(17)71-56-46-31-3,83-94(67-41-13)74-59-49-34-6)91(21)99(24,25)79-62-54-45-30-2)102(28,89(19)77-76-86(16)64-38-10)101(27,82-93(66-40-12)73-58-48-33-5)96(85-98(22,23)78-61-51-36-8)81-92(65-39-11)72-57-47-32-4/h86-95,97H,29-85H2,1-28H3. The van der Waals surface area contributed by atoms with E-state index in [0.29, 0.717) is 41.4 Å². The first-order chi connectivity index (χ1) is 49.6. The fourth-order valence-corrected chi connectivity index (χ4v) is 24.6. The fourth-order valence-electron chi connectivity index (χ4n) is 24.6. The minimum atomic E-state index is -0.0623. The van der Waals surface area contributed by atoms with E-state index in [9.17, 15) is 0 Å². The Bertz CT molecular complexity index is 1900. The van der Waals surface area contributed by atoms with Crippen LogP contribution in [0.3, 0.4) is 0 Å². The van der Waals surface area contributed by atoms with Gasteiger partial charge in [-0.25, -0.2) is 0 Å². The molecule has 0 amide bonds. The van der Waals surface area contributed by atoms with Crippen LogP contribution in [-0.2, 0) is 0 Å². The lowest BCUT2D eigenvalue weighted by Crippen LogP contribution is -2.74. The molecule has 0 aromatic heterocycles. The molecule has 0 aliphatic rings. The molecular weight excluding hydrogens is 1250 g/mol. The Morgan fingerprint density at radius 2 is 0.663 bits per heavy atom. The first-order valence-electron chi connectivity index (χ1n) is 49.5. The highest BCUT2D eigenvalue weighted by Crippen LogP contribution is 2.83. The summed E-state index contributed by atoms with van der Waals surface area (Å²) in [7, 11) is 0. The molecule has 625 valence electrons. The van der Waals surface area contributed by atoms with Gasteiger partial charge in [0.25, 0.3) is 0 Å². The van der Waals surface area contributed by atoms with Gasteiger partial charge in [-0.05, 0) is 173 Å². The molecule has 0 nitrogen and oxygen atoms in total. The van der Waals surface area contributed by atoms with Gasteiger partial charge in [0.15, 0.2) is 0 Å². The van der Waals surface area contributed by atoms with Gasteiger partial charge in [-0.15, -0.1) is 0 Å². The normalized spacial score (nSPS) is 18.9. The molecule has 0 heterocycles. The van der Waals surface area contributed by atoms with Crippen LogP contribution in [-0.4, -0.2) is 0 Å². The van der Waals surface area contributed by atoms with Crippen LogP contribution in [0.5, 0.6) is 0 Å². The zero-order valence-corrected chi connectivity index (χ0v) is 78.7. The van der Waals surface area contributed by atoms with Gasteiger partial charge in [-0.1, -0.05) is 496 Å². The lowest BCUT2D eigenvalue weighted by molar-refractivity contribution is -0.314. The average molecular weight is 1460 g/mol. The van der Waals surface area contributed by atoms with Crippen molar-refractivity contribution in [1.29, 1.82) is 0 Å². The van der Waals surface area contributed by atoms with E-state index in [0.717, 1.165) is 23.7 Å². The molecule has 16 atom stereocenters. The van der Waals surface area contributed by atoms with Crippen LogP contribution in [0, 0.1) is 109 Å². The highest BCUT2D eigenvalue weighted by molar-refractivity contribution is 5.28. The van der Waals surface area contributed by atoms with E-state index in [1.807, 2.05) is 0 Å². The monoisotopic (exact) mass is 1460 g/mol. The van der Waals surface area contributed by atoms with Crippen LogP contribution in [0.2, 0.25) is 0 Å². The van der Waals surface area contributed by atoms with Crippen molar-refractivity contribution in [2.75, 3.05) is 0 Å². The third-order valence-electron chi connectivity index (χ3n) is 31.2. The van der Waals surface area contributed by atoms with E-state index in [1.54, 1.807) is 0 Å². The van der Waals surface area contributed by atoms with E-state index in [2.05, 4.69) is 200 Å². The molecule has 0 bridgehead atoms. The highest BCUT2D eigenvalue weighted by Gasteiger charge is 2.77. The van der Waals surface area contributed by atoms with Crippen LogP contribution in [0.25, 0.3) is 0 Å². The smallest absolute Gasteiger partial charge is 0.0114 e. The van der Waals surface area contributed by atoms with E-state index >= 15 is 0 Å². The zero-order valence-electron chi connectivity index (χ0n) is 78.7. The SMILES string of the molecule is CCCCCCCC(C)(C(CCC)C(C)CCCC)C(CC(CCC)CCCCC)(C(CC(CCC)CCCCC)(C(C)C(C)CCCCC)C(C)C(C)(C)CCCCCC)C(C)(C(C)CCC(C)CCC)C(C)(CC(CCC)CCCCC)[C](CC(CCC)CCCCC)CC(C)(C)CCCCC. The molecule has 0 aliphatic heterocycles. The first-order valence-corrected chi connectivity index (χ1v) is 49.5. The number of hydrogen-bond donors (Lipinski definition) is 0. The van der Waals surface area contributed by atoms with Crippen molar-refractivity contribution in [3.8, 4) is 0 Å². The van der Waals surface area contributed by atoms with Crippen LogP contribution in [0.4, 0.5) is 0 Å². The summed E-state index contributed by atoms with van der Waals surface area (Å²) in [5.74, 6) is 9.42. The third kappa shape index (κ3) is 33.2. The molecule has 1 radical (unpaired) electrons. The summed E-state index contributed by atoms with van der Waals surface area (Å²) in [5, 5.41) is 0. The second-order valence-corrected chi connectivity index (χ2v) is 40.6. The van der Waals surface area contributed by atoms with Crippen LogP contribution in [0.1, 0.15) is 560 Å². The summed E-state index contributed by atoms with van der Waals surface area (Å²) in [4.78, 5) is 0. The van der Waals surface area contributed by atoms with E-state index < -0.39 is 0 Å². The van der Waals surface area contributed by atoms with E-state index in [1.165, 1.54) is 366 Å². The molecule has 0 fully saturated rings. The molecule has 0 saturated heterocycles. The average Bonchev–Trinajstić information content (AvgIpc) is 0.655. The summed E-state index contributed by atoms with van der Waals surface area (Å²) in [6.45, 7) is 78.3. The minimum absolute atomic E-state index is 0.0256. The van der Waals surface area contributed by atoms with Gasteiger partial charge < -0.3 is 0 Å². The lowest BCUT2D eigenvalue weighted by Gasteiger charge is -2.80. The van der Waals surface area contributed by atoms with Gasteiger partial charge in [-0.2, -0.15) is 0 Å². The van der Waals surface area contributed by atoms with Gasteiger partial charge >= 0.3 is 0 Å². The van der Waals surface area contributed by atoms with Crippen molar-refractivity contribution < 1.29 is 0 Å². The van der Waals surface area contributed by atoms with Crippen LogP contribution in [0.15, 0.2) is 0 Å². The number of hydrogen-bond acceptors (Lipinski definition) is 0. The maximum atomic E-state index is 3.42. The Morgan fingerprint density at radius 1 is 0.288 bits per heavy atom. The maximum absolute atomic E-state index is 3.42. The highest BCUT2D eigenvalue weighted by atomic mass is 14.8. The lowest BCUT2D eigenvalue weighted by atomic mass is 9.24. The molecule has 0 spiro atoms. The van der Waals surface area contributed by atoms with Gasteiger partial charge in [0, 0.05) is 0 Å². The Labute approximate surface area is 664 Å². The molecule has 0 saturated carbocycles. The first kappa shape index (κ1) is 104. The second kappa shape index (κ2) is 58.8. The summed E-state index contributed by atoms with van der Waals surface area (Å²) in [6, 6.07) is 0. The summed E-state index contributed by atoms with van der Waals surface area (Å²) in [5.41, 5.74) is 0.322. The van der Waals surface area contributed by atoms with Crippen molar-refractivity contribution in [3.63, 3.8) is 0 Å². The van der Waals surface area contributed by atoms with Crippen LogP contribution >= 0.6 is 0 Å². The Morgan fingerprint density at radius 3 is 1.13 bits per heavy atom. The summed E-state index contributed by atoms with van der Waals surface area (Å²) in [6.07, 6.45) is 78.6. The van der Waals surface area contributed by atoms with E-state index in [4.69, 9.17) is 0 Å². The molecule has 0 aromatic carbocycles. The van der Waals surface area contributed by atoms with Crippen molar-refractivity contribution in [1.82, 2.24) is 0 Å². The largest absolute Gasteiger partial charge is 0.0654 e. The third-order valence-corrected chi connectivity index (χ3v) is 31.2. The van der Waals surface area contributed by atoms with Crippen molar-refractivity contribution in [3.05, 3.63) is 5.92 Å². The minimum Gasteiger partial charge on any atom is -0.0654 e. The topological polar surface area (TPSA) is 0 Å². The molecule has 104 heavy (non-hydrogen) atoms. The molecular formula is C104H209. The molecule has 0 N–H and O–H groups in total. The fraction of sp³-hybridized carbons (Fsp3) is 0.990. The Balaban J connectivity index is 13.1. The van der Waals surface area contributed by atoms with Crippen molar-refractivity contribution in [2.45, 2.75) is 560 Å². The maximum Gasteiger partial charge on any atom is -0.0114 e.